The predicted molar refractivity (Wildman–Crippen MR) is 109 cm³/mol. The Bertz CT molecular complexity index is 1140. The van der Waals surface area contributed by atoms with Crippen LogP contribution in [0.2, 0.25) is 5.02 Å². The lowest BCUT2D eigenvalue weighted by molar-refractivity contribution is -0.132. The molecule has 1 N–H and O–H groups in total. The number of benzene rings is 3. The number of Topliss-reactive ketones (excluding diaryl/α,β-unsaturated/α-hetero) is 1. The van der Waals surface area contributed by atoms with Crippen molar-refractivity contribution in [2.24, 2.45) is 0 Å². The number of carbonyl (C=O) groups excluding carboxylic acids is 2. The summed E-state index contributed by atoms with van der Waals surface area (Å²) in [6.07, 6.45) is 0. The first kappa shape index (κ1) is 18.9. The van der Waals surface area contributed by atoms with Crippen LogP contribution in [-0.4, -0.2) is 16.8 Å². The number of nitrogens with zero attached hydrogens (tertiary/aromatic N) is 1. The number of hydrogen-bond donors (Lipinski definition) is 1. The van der Waals surface area contributed by atoms with Crippen LogP contribution >= 0.6 is 11.6 Å². The third-order valence-electron chi connectivity index (χ3n) is 4.74. The van der Waals surface area contributed by atoms with Gasteiger partial charge in [0.15, 0.2) is 0 Å². The molecule has 3 aromatic carbocycles. The van der Waals surface area contributed by atoms with Crippen LogP contribution in [0.15, 0.2) is 84.4 Å². The summed E-state index contributed by atoms with van der Waals surface area (Å²) < 4.78 is 14.0. The molecule has 1 aliphatic heterocycles. The van der Waals surface area contributed by atoms with Gasteiger partial charge in [0.2, 0.25) is 0 Å². The van der Waals surface area contributed by atoms with E-state index in [4.69, 9.17) is 11.6 Å². The molecule has 144 valence electrons. The van der Waals surface area contributed by atoms with E-state index in [1.165, 1.54) is 23.1 Å². The minimum Gasteiger partial charge on any atom is -0.507 e. The standard InChI is InChI=1S/C23H15ClFNO3/c24-16-9-5-11-18(13-16)26-20(15-8-4-10-17(25)12-15)19(22(28)23(26)29)21(27)14-6-2-1-3-7-14/h1-13,20,27H/b21-19+/t20-/m1/s1. The lowest BCUT2D eigenvalue weighted by Crippen LogP contribution is -2.29. The SMILES string of the molecule is O=C1C(=O)N(c2cccc(Cl)c2)[C@H](c2cccc(F)c2)/C1=C(\O)c1ccccc1. The van der Waals surface area contributed by atoms with Crippen LogP contribution in [0.25, 0.3) is 5.76 Å². The zero-order chi connectivity index (χ0) is 20.5. The highest BCUT2D eigenvalue weighted by atomic mass is 35.5. The molecule has 1 aliphatic rings. The van der Waals surface area contributed by atoms with Gasteiger partial charge >= 0.3 is 0 Å². The summed E-state index contributed by atoms with van der Waals surface area (Å²) in [5.74, 6) is -2.50. The summed E-state index contributed by atoms with van der Waals surface area (Å²) in [7, 11) is 0. The fourth-order valence-electron chi connectivity index (χ4n) is 3.47. The average Bonchev–Trinajstić information content (AvgIpc) is 2.99. The van der Waals surface area contributed by atoms with Gasteiger partial charge in [-0.05, 0) is 35.9 Å². The van der Waals surface area contributed by atoms with E-state index in [0.29, 0.717) is 21.8 Å². The summed E-state index contributed by atoms with van der Waals surface area (Å²) in [6.45, 7) is 0. The minimum absolute atomic E-state index is 0.105. The van der Waals surface area contributed by atoms with Gasteiger partial charge in [0.25, 0.3) is 11.7 Å². The second kappa shape index (κ2) is 7.53. The molecule has 1 saturated heterocycles. The maximum absolute atomic E-state index is 14.0. The third kappa shape index (κ3) is 3.41. The molecular formula is C23H15ClFNO3. The van der Waals surface area contributed by atoms with Crippen molar-refractivity contribution in [2.45, 2.75) is 6.04 Å². The van der Waals surface area contributed by atoms with Gasteiger partial charge in [-0.1, -0.05) is 60.1 Å². The molecule has 3 aromatic rings. The number of aliphatic hydroxyl groups excluding tert-OH is 1. The summed E-state index contributed by atoms with van der Waals surface area (Å²) in [4.78, 5) is 27.1. The Kier molecular flexibility index (Phi) is 4.91. The maximum atomic E-state index is 14.0. The molecule has 0 spiro atoms. The van der Waals surface area contributed by atoms with Gasteiger partial charge in [-0.15, -0.1) is 0 Å². The molecule has 29 heavy (non-hydrogen) atoms. The molecule has 0 radical (unpaired) electrons. The van der Waals surface area contributed by atoms with Crippen molar-refractivity contribution in [1.82, 2.24) is 0 Å². The third-order valence-corrected chi connectivity index (χ3v) is 4.98. The van der Waals surface area contributed by atoms with Gasteiger partial charge < -0.3 is 5.11 Å². The molecular weight excluding hydrogens is 393 g/mol. The van der Waals surface area contributed by atoms with E-state index in [-0.39, 0.29) is 11.3 Å². The first-order chi connectivity index (χ1) is 14.0. The molecule has 0 bridgehead atoms. The zero-order valence-electron chi connectivity index (χ0n) is 15.0. The highest BCUT2D eigenvalue weighted by Gasteiger charge is 2.47. The van der Waals surface area contributed by atoms with Crippen molar-refractivity contribution in [1.29, 1.82) is 0 Å². The van der Waals surface area contributed by atoms with Crippen molar-refractivity contribution >= 4 is 34.7 Å². The fraction of sp³-hybridized carbons (Fsp3) is 0.0435. The topological polar surface area (TPSA) is 57.6 Å². The van der Waals surface area contributed by atoms with E-state index in [2.05, 4.69) is 0 Å². The summed E-state index contributed by atoms with van der Waals surface area (Å²) >= 11 is 6.08. The molecule has 6 heteroatoms. The van der Waals surface area contributed by atoms with Crippen molar-refractivity contribution in [3.05, 3.63) is 106 Å². The fourth-order valence-corrected chi connectivity index (χ4v) is 3.65. The van der Waals surface area contributed by atoms with Crippen molar-refractivity contribution in [2.75, 3.05) is 4.90 Å². The molecule has 1 heterocycles. The van der Waals surface area contributed by atoms with Gasteiger partial charge in [0, 0.05) is 16.3 Å². The highest BCUT2D eigenvalue weighted by Crippen LogP contribution is 2.42. The van der Waals surface area contributed by atoms with Gasteiger partial charge in [-0.25, -0.2) is 4.39 Å². The number of amides is 1. The van der Waals surface area contributed by atoms with Gasteiger partial charge in [0.05, 0.1) is 11.6 Å². The summed E-state index contributed by atoms with van der Waals surface area (Å²) in [5.41, 5.74) is 1.02. The second-order valence-corrected chi connectivity index (χ2v) is 7.01. The van der Waals surface area contributed by atoms with Gasteiger partial charge in [-0.2, -0.15) is 0 Å². The molecule has 0 aromatic heterocycles. The van der Waals surface area contributed by atoms with Crippen LogP contribution < -0.4 is 4.90 Å². The quantitative estimate of drug-likeness (QED) is 0.373. The number of rotatable bonds is 3. The first-order valence-electron chi connectivity index (χ1n) is 8.85. The van der Waals surface area contributed by atoms with E-state index in [1.54, 1.807) is 60.7 Å². The molecule has 1 amide bonds. The number of halogens is 2. The Balaban J connectivity index is 1.97. The molecule has 1 fully saturated rings. The lowest BCUT2D eigenvalue weighted by atomic mass is 9.95. The lowest BCUT2D eigenvalue weighted by Gasteiger charge is -2.25. The number of aliphatic hydroxyl groups is 1. The predicted octanol–water partition coefficient (Wildman–Crippen LogP) is 5.11. The van der Waals surface area contributed by atoms with Crippen LogP contribution in [0, 0.1) is 5.82 Å². The maximum Gasteiger partial charge on any atom is 0.300 e. The Morgan fingerprint density at radius 3 is 2.34 bits per heavy atom. The van der Waals surface area contributed by atoms with Gasteiger partial charge in [-0.3, -0.25) is 14.5 Å². The van der Waals surface area contributed by atoms with Gasteiger partial charge in [0.1, 0.15) is 11.6 Å². The van der Waals surface area contributed by atoms with Crippen molar-refractivity contribution in [3.8, 4) is 0 Å². The molecule has 0 saturated carbocycles. The van der Waals surface area contributed by atoms with Crippen molar-refractivity contribution in [3.63, 3.8) is 0 Å². The summed E-state index contributed by atoms with van der Waals surface area (Å²) in [5, 5.41) is 11.3. The van der Waals surface area contributed by atoms with Crippen LogP contribution in [0.3, 0.4) is 0 Å². The van der Waals surface area contributed by atoms with E-state index < -0.39 is 23.5 Å². The molecule has 0 unspecified atom stereocenters. The Morgan fingerprint density at radius 1 is 0.931 bits per heavy atom. The van der Waals surface area contributed by atoms with E-state index in [1.807, 2.05) is 0 Å². The Labute approximate surface area is 171 Å². The van der Waals surface area contributed by atoms with Crippen LogP contribution in [0.1, 0.15) is 17.2 Å². The van der Waals surface area contributed by atoms with Crippen LogP contribution in [-0.2, 0) is 9.59 Å². The molecule has 0 aliphatic carbocycles. The first-order valence-corrected chi connectivity index (χ1v) is 9.22. The molecule has 1 atom stereocenters. The highest BCUT2D eigenvalue weighted by molar-refractivity contribution is 6.51. The zero-order valence-corrected chi connectivity index (χ0v) is 15.8. The smallest absolute Gasteiger partial charge is 0.300 e. The molecule has 4 nitrogen and oxygen atoms in total. The monoisotopic (exact) mass is 407 g/mol. The molecule has 4 rings (SSSR count). The Hall–Kier alpha value is -3.44. The van der Waals surface area contributed by atoms with E-state index >= 15 is 0 Å². The normalized spacial score (nSPS) is 18.3. The van der Waals surface area contributed by atoms with Crippen LogP contribution in [0.4, 0.5) is 10.1 Å². The van der Waals surface area contributed by atoms with Crippen LogP contribution in [0.5, 0.6) is 0 Å². The Morgan fingerprint density at radius 2 is 1.66 bits per heavy atom. The number of anilines is 1. The second-order valence-electron chi connectivity index (χ2n) is 6.57. The minimum atomic E-state index is -0.996. The van der Waals surface area contributed by atoms with Crippen molar-refractivity contribution < 1.29 is 19.1 Å². The number of carbonyl (C=O) groups is 2. The average molecular weight is 408 g/mol. The number of ketones is 1. The largest absolute Gasteiger partial charge is 0.507 e. The van der Waals surface area contributed by atoms with E-state index in [9.17, 15) is 19.1 Å². The summed E-state index contributed by atoms with van der Waals surface area (Å²) in [6, 6.07) is 19.5. The number of hydrogen-bond acceptors (Lipinski definition) is 3. The van der Waals surface area contributed by atoms with E-state index in [0.717, 1.165) is 0 Å².